The average Bonchev–Trinajstić information content (AvgIpc) is 2.30. The smallest absolute Gasteiger partial charge is 0.410 e. The van der Waals surface area contributed by atoms with Crippen molar-refractivity contribution in [2.24, 2.45) is 5.92 Å². The van der Waals surface area contributed by atoms with Gasteiger partial charge in [-0.2, -0.15) is 0 Å². The number of ether oxygens (including phenoxy) is 1. The van der Waals surface area contributed by atoms with Gasteiger partial charge in [-0.3, -0.25) is 0 Å². The summed E-state index contributed by atoms with van der Waals surface area (Å²) >= 11 is 3.29. The van der Waals surface area contributed by atoms with Gasteiger partial charge in [-0.15, -0.1) is 0 Å². The molecule has 0 aliphatic heterocycles. The number of nitrogens with zero attached hydrogens (tertiary/aromatic N) is 1. The van der Waals surface area contributed by atoms with Gasteiger partial charge in [-0.05, 0) is 60.3 Å². The normalized spacial score (nSPS) is 11.6. The number of aromatic hydroxyl groups is 1. The summed E-state index contributed by atoms with van der Waals surface area (Å²) in [6, 6.07) is 5.23. The molecule has 1 rings (SSSR count). The van der Waals surface area contributed by atoms with E-state index in [0.29, 0.717) is 23.5 Å². The van der Waals surface area contributed by atoms with Crippen molar-refractivity contribution in [2.45, 2.75) is 46.8 Å². The number of hydrogen-bond donors (Lipinski definition) is 1. The third-order valence-electron chi connectivity index (χ3n) is 2.62. The second-order valence-electron chi connectivity index (χ2n) is 6.54. The predicted molar refractivity (Wildman–Crippen MR) is 87.3 cm³/mol. The number of benzene rings is 1. The maximum atomic E-state index is 12.3. The van der Waals surface area contributed by atoms with Crippen LogP contribution in [0.25, 0.3) is 0 Å². The van der Waals surface area contributed by atoms with Gasteiger partial charge in [-0.1, -0.05) is 19.9 Å². The minimum absolute atomic E-state index is 0.187. The fourth-order valence-electron chi connectivity index (χ4n) is 1.84. The molecule has 5 heteroatoms. The molecule has 0 heterocycles. The molecule has 118 valence electrons. The largest absolute Gasteiger partial charge is 0.507 e. The Hall–Kier alpha value is -1.23. The summed E-state index contributed by atoms with van der Waals surface area (Å²) in [5, 5.41) is 9.53. The fourth-order valence-corrected chi connectivity index (χ4v) is 2.27. The molecule has 0 unspecified atom stereocenters. The van der Waals surface area contributed by atoms with Crippen molar-refractivity contribution in [3.8, 4) is 5.75 Å². The Labute approximate surface area is 135 Å². The van der Waals surface area contributed by atoms with Crippen LogP contribution < -0.4 is 0 Å². The Bertz CT molecular complexity index is 495. The first-order chi connectivity index (χ1) is 9.58. The number of phenols is 1. The molecule has 0 aromatic heterocycles. The van der Waals surface area contributed by atoms with Crippen LogP contribution in [0.2, 0.25) is 0 Å². The van der Waals surface area contributed by atoms with E-state index in [-0.39, 0.29) is 11.8 Å². The van der Waals surface area contributed by atoms with Gasteiger partial charge >= 0.3 is 6.09 Å². The van der Waals surface area contributed by atoms with Crippen LogP contribution in [0.3, 0.4) is 0 Å². The number of phenolic OH excluding ortho intramolecular Hbond substituents is 1. The fraction of sp³-hybridized carbons (Fsp3) is 0.562. The van der Waals surface area contributed by atoms with Gasteiger partial charge in [0.25, 0.3) is 0 Å². The van der Waals surface area contributed by atoms with Crippen LogP contribution in [-0.4, -0.2) is 28.2 Å². The van der Waals surface area contributed by atoms with E-state index in [2.05, 4.69) is 29.8 Å². The van der Waals surface area contributed by atoms with Crippen molar-refractivity contribution in [2.75, 3.05) is 6.54 Å². The predicted octanol–water partition coefficient (Wildman–Crippen LogP) is 4.55. The van der Waals surface area contributed by atoms with E-state index in [9.17, 15) is 9.90 Å². The molecule has 0 fully saturated rings. The Balaban J connectivity index is 2.87. The van der Waals surface area contributed by atoms with Gasteiger partial charge in [-0.25, -0.2) is 4.79 Å². The Kier molecular flexibility index (Phi) is 6.08. The zero-order valence-corrected chi connectivity index (χ0v) is 14.9. The lowest BCUT2D eigenvalue weighted by atomic mass is 10.1. The first kappa shape index (κ1) is 17.8. The van der Waals surface area contributed by atoms with Gasteiger partial charge in [0, 0.05) is 13.1 Å². The van der Waals surface area contributed by atoms with Crippen LogP contribution in [0.1, 0.15) is 40.2 Å². The Morgan fingerprint density at radius 2 is 2.00 bits per heavy atom. The molecule has 1 N–H and O–H groups in total. The molecule has 21 heavy (non-hydrogen) atoms. The van der Waals surface area contributed by atoms with E-state index in [1.54, 1.807) is 17.0 Å². The number of amides is 1. The van der Waals surface area contributed by atoms with Crippen molar-refractivity contribution in [1.29, 1.82) is 0 Å². The third kappa shape index (κ3) is 6.38. The number of carbonyl (C=O) groups is 1. The lowest BCUT2D eigenvalue weighted by Gasteiger charge is -2.28. The maximum absolute atomic E-state index is 12.3. The summed E-state index contributed by atoms with van der Waals surface area (Å²) in [6.45, 7) is 10.8. The monoisotopic (exact) mass is 357 g/mol. The Morgan fingerprint density at radius 1 is 1.38 bits per heavy atom. The molecule has 0 aliphatic rings. The number of halogens is 1. The molecule has 0 radical (unpaired) electrons. The second kappa shape index (κ2) is 7.16. The molecule has 1 aromatic carbocycles. The molecule has 1 aromatic rings. The first-order valence-corrected chi connectivity index (χ1v) is 7.83. The topological polar surface area (TPSA) is 49.8 Å². The van der Waals surface area contributed by atoms with Gasteiger partial charge in [0.15, 0.2) is 0 Å². The highest BCUT2D eigenvalue weighted by Gasteiger charge is 2.23. The first-order valence-electron chi connectivity index (χ1n) is 7.04. The third-order valence-corrected chi connectivity index (χ3v) is 3.26. The molecule has 0 atom stereocenters. The summed E-state index contributed by atoms with van der Waals surface area (Å²) in [4.78, 5) is 14.0. The summed E-state index contributed by atoms with van der Waals surface area (Å²) in [6.07, 6.45) is -0.319. The SMILES string of the molecule is CC(C)CN(Cc1ccc(O)c(Br)c1)C(=O)OC(C)(C)C. The minimum atomic E-state index is -0.512. The van der Waals surface area contributed by atoms with Gasteiger partial charge in [0.1, 0.15) is 11.4 Å². The lowest BCUT2D eigenvalue weighted by molar-refractivity contribution is 0.0211. The average molecular weight is 358 g/mol. The van der Waals surface area contributed by atoms with Gasteiger partial charge in [0.2, 0.25) is 0 Å². The molecule has 0 bridgehead atoms. The van der Waals surface area contributed by atoms with Crippen molar-refractivity contribution in [1.82, 2.24) is 4.90 Å². The van der Waals surface area contributed by atoms with Crippen LogP contribution >= 0.6 is 15.9 Å². The Morgan fingerprint density at radius 3 is 2.48 bits per heavy atom. The number of carbonyl (C=O) groups excluding carboxylic acids is 1. The van der Waals surface area contributed by atoms with Crippen LogP contribution in [0.5, 0.6) is 5.75 Å². The zero-order valence-electron chi connectivity index (χ0n) is 13.3. The van der Waals surface area contributed by atoms with Crippen LogP contribution in [0.4, 0.5) is 4.79 Å². The minimum Gasteiger partial charge on any atom is -0.507 e. The molecular weight excluding hydrogens is 334 g/mol. The highest BCUT2D eigenvalue weighted by atomic mass is 79.9. The standard InChI is InChI=1S/C16H24BrNO3/c1-11(2)9-18(15(20)21-16(3,4)5)10-12-6-7-14(19)13(17)8-12/h6-8,11,19H,9-10H2,1-5H3. The quantitative estimate of drug-likeness (QED) is 0.859. The van der Waals surface area contributed by atoms with Gasteiger partial charge in [0.05, 0.1) is 4.47 Å². The molecule has 0 spiro atoms. The summed E-state index contributed by atoms with van der Waals surface area (Å²) in [7, 11) is 0. The number of hydrogen-bond acceptors (Lipinski definition) is 3. The van der Waals surface area contributed by atoms with Gasteiger partial charge < -0.3 is 14.7 Å². The van der Waals surface area contributed by atoms with E-state index in [1.165, 1.54) is 0 Å². The van der Waals surface area contributed by atoms with Crippen molar-refractivity contribution >= 4 is 22.0 Å². The van der Waals surface area contributed by atoms with Crippen LogP contribution in [-0.2, 0) is 11.3 Å². The molecule has 0 saturated heterocycles. The van der Waals surface area contributed by atoms with E-state index in [1.807, 2.05) is 26.8 Å². The highest BCUT2D eigenvalue weighted by Crippen LogP contribution is 2.25. The second-order valence-corrected chi connectivity index (χ2v) is 7.39. The summed E-state index contributed by atoms with van der Waals surface area (Å²) < 4.78 is 6.07. The molecule has 0 aliphatic carbocycles. The lowest BCUT2D eigenvalue weighted by Crippen LogP contribution is -2.38. The molecule has 0 saturated carbocycles. The van der Waals surface area contributed by atoms with Crippen molar-refractivity contribution < 1.29 is 14.6 Å². The van der Waals surface area contributed by atoms with E-state index in [4.69, 9.17) is 4.74 Å². The summed E-state index contributed by atoms with van der Waals surface area (Å²) in [5.74, 6) is 0.532. The van der Waals surface area contributed by atoms with E-state index in [0.717, 1.165) is 5.56 Å². The van der Waals surface area contributed by atoms with Crippen molar-refractivity contribution in [3.63, 3.8) is 0 Å². The molecular formula is C16H24BrNO3. The highest BCUT2D eigenvalue weighted by molar-refractivity contribution is 9.10. The van der Waals surface area contributed by atoms with Crippen LogP contribution in [0, 0.1) is 5.92 Å². The zero-order chi connectivity index (χ0) is 16.2. The van der Waals surface area contributed by atoms with Crippen molar-refractivity contribution in [3.05, 3.63) is 28.2 Å². The maximum Gasteiger partial charge on any atom is 0.410 e. The van der Waals surface area contributed by atoms with E-state index >= 15 is 0 Å². The van der Waals surface area contributed by atoms with E-state index < -0.39 is 5.60 Å². The molecule has 4 nitrogen and oxygen atoms in total. The summed E-state index contributed by atoms with van der Waals surface area (Å²) in [5.41, 5.74) is 0.424. The molecule has 1 amide bonds. The number of rotatable bonds is 4. The van der Waals surface area contributed by atoms with Crippen LogP contribution in [0.15, 0.2) is 22.7 Å².